The highest BCUT2D eigenvalue weighted by atomic mass is 32.2. The van der Waals surface area contributed by atoms with Crippen LogP contribution in [0.3, 0.4) is 0 Å². The van der Waals surface area contributed by atoms with Gasteiger partial charge in [0.25, 0.3) is 10.0 Å². The van der Waals surface area contributed by atoms with Crippen LogP contribution < -0.4 is 4.74 Å². The van der Waals surface area contributed by atoms with Crippen molar-refractivity contribution < 1.29 is 13.2 Å². The summed E-state index contributed by atoms with van der Waals surface area (Å²) in [4.78, 5) is 0.236. The summed E-state index contributed by atoms with van der Waals surface area (Å²) in [5, 5.41) is 4.11. The minimum absolute atomic E-state index is 0.164. The van der Waals surface area contributed by atoms with E-state index in [0.29, 0.717) is 18.0 Å². The topological polar surface area (TPSA) is 61.2 Å². The molecule has 1 aromatic heterocycles. The van der Waals surface area contributed by atoms with Crippen LogP contribution in [0.2, 0.25) is 0 Å². The third-order valence-corrected chi connectivity index (χ3v) is 5.53. The number of unbranched alkanes of at least 4 members (excludes halogenated alkanes) is 1. The fraction of sp³-hybridized carbons (Fsp3) is 0.500. The average molecular weight is 350 g/mol. The second kappa shape index (κ2) is 7.38. The largest absolute Gasteiger partial charge is 0.493 e. The van der Waals surface area contributed by atoms with Crippen molar-refractivity contribution in [1.82, 2.24) is 9.19 Å². The lowest BCUT2D eigenvalue weighted by molar-refractivity contribution is 0.305. The predicted molar refractivity (Wildman–Crippen MR) is 95.2 cm³/mol. The maximum absolute atomic E-state index is 12.9. The molecule has 0 aliphatic carbocycles. The van der Waals surface area contributed by atoms with Crippen LogP contribution in [0.5, 0.6) is 5.75 Å². The van der Waals surface area contributed by atoms with Crippen LogP contribution in [0.15, 0.2) is 29.2 Å². The van der Waals surface area contributed by atoms with Gasteiger partial charge in [-0.25, -0.2) is 0 Å². The lowest BCUT2D eigenvalue weighted by Gasteiger charge is -2.16. The molecule has 6 heteroatoms. The Morgan fingerprint density at radius 2 is 1.92 bits per heavy atom. The zero-order valence-corrected chi connectivity index (χ0v) is 15.9. The van der Waals surface area contributed by atoms with E-state index >= 15 is 0 Å². The smallest absolute Gasteiger partial charge is 0.283 e. The first kappa shape index (κ1) is 18.5. The summed E-state index contributed by atoms with van der Waals surface area (Å²) in [5.41, 5.74) is 2.18. The summed E-state index contributed by atoms with van der Waals surface area (Å²) in [5.74, 6) is 0.919. The summed E-state index contributed by atoms with van der Waals surface area (Å²) in [6.45, 7) is 10.3. The van der Waals surface area contributed by atoms with Gasteiger partial charge < -0.3 is 4.74 Å². The van der Waals surface area contributed by atoms with Crippen LogP contribution in [0, 0.1) is 13.8 Å². The molecule has 0 radical (unpaired) electrons. The number of benzene rings is 1. The fourth-order valence-corrected chi connectivity index (χ4v) is 3.93. The van der Waals surface area contributed by atoms with Crippen LogP contribution in [0.4, 0.5) is 0 Å². The van der Waals surface area contributed by atoms with Gasteiger partial charge in [0.15, 0.2) is 0 Å². The standard InChI is InChI=1S/C18H26N2O3S/c1-6-7-10-23-18-9-8-16(12-17(18)13(2)3)24(21,22)20-15(5)11-14(4)19-20/h8-9,11-13H,6-7,10H2,1-5H3. The summed E-state index contributed by atoms with van der Waals surface area (Å²) in [6.07, 6.45) is 2.03. The molecule has 132 valence electrons. The molecule has 0 N–H and O–H groups in total. The Morgan fingerprint density at radius 3 is 2.46 bits per heavy atom. The molecule has 0 aliphatic rings. The number of aromatic nitrogens is 2. The highest BCUT2D eigenvalue weighted by Crippen LogP contribution is 2.30. The second-order valence-electron chi connectivity index (χ2n) is 6.33. The Kier molecular flexibility index (Phi) is 5.70. The Labute approximate surface area is 144 Å². The Balaban J connectivity index is 2.44. The number of ether oxygens (including phenoxy) is 1. The van der Waals surface area contributed by atoms with Gasteiger partial charge in [0.05, 0.1) is 22.9 Å². The van der Waals surface area contributed by atoms with Crippen molar-refractivity contribution in [3.63, 3.8) is 0 Å². The van der Waals surface area contributed by atoms with Gasteiger partial charge in [-0.3, -0.25) is 0 Å². The lowest BCUT2D eigenvalue weighted by Crippen LogP contribution is -2.16. The third kappa shape index (κ3) is 3.80. The molecular weight excluding hydrogens is 324 g/mol. The number of aryl methyl sites for hydroxylation is 2. The van der Waals surface area contributed by atoms with Crippen LogP contribution in [0.1, 0.15) is 56.5 Å². The number of hydrogen-bond donors (Lipinski definition) is 0. The SMILES string of the molecule is CCCCOc1ccc(S(=O)(=O)n2nc(C)cc2C)cc1C(C)C. The Hall–Kier alpha value is -1.82. The van der Waals surface area contributed by atoms with Gasteiger partial charge in [-0.1, -0.05) is 27.2 Å². The van der Waals surface area contributed by atoms with Gasteiger partial charge in [-0.2, -0.15) is 17.6 Å². The third-order valence-electron chi connectivity index (χ3n) is 3.85. The van der Waals surface area contributed by atoms with Gasteiger partial charge in [-0.15, -0.1) is 0 Å². The Morgan fingerprint density at radius 1 is 1.21 bits per heavy atom. The van der Waals surface area contributed by atoms with E-state index < -0.39 is 10.0 Å². The molecule has 0 aliphatic heterocycles. The number of hydrogen-bond acceptors (Lipinski definition) is 4. The van der Waals surface area contributed by atoms with Crippen LogP contribution in [-0.2, 0) is 10.0 Å². The van der Waals surface area contributed by atoms with Crippen molar-refractivity contribution in [2.75, 3.05) is 6.61 Å². The van der Waals surface area contributed by atoms with Crippen molar-refractivity contribution >= 4 is 10.0 Å². The molecule has 24 heavy (non-hydrogen) atoms. The molecule has 0 fully saturated rings. The maximum Gasteiger partial charge on any atom is 0.283 e. The molecule has 0 atom stereocenters. The van der Waals surface area contributed by atoms with Gasteiger partial charge in [0.2, 0.25) is 0 Å². The van der Waals surface area contributed by atoms with Crippen LogP contribution >= 0.6 is 0 Å². The molecule has 0 bridgehead atoms. The van der Waals surface area contributed by atoms with E-state index in [2.05, 4.69) is 12.0 Å². The van der Waals surface area contributed by atoms with E-state index in [1.165, 1.54) is 0 Å². The molecule has 2 aromatic rings. The predicted octanol–water partition coefficient (Wildman–Crippen LogP) is 4.04. The lowest BCUT2D eigenvalue weighted by atomic mass is 10.0. The van der Waals surface area contributed by atoms with E-state index in [9.17, 15) is 8.42 Å². The fourth-order valence-electron chi connectivity index (χ4n) is 2.55. The van der Waals surface area contributed by atoms with E-state index in [0.717, 1.165) is 28.2 Å². The first-order valence-electron chi connectivity index (χ1n) is 8.33. The molecular formula is C18H26N2O3S. The normalized spacial score (nSPS) is 11.9. The molecule has 0 unspecified atom stereocenters. The van der Waals surface area contributed by atoms with Crippen molar-refractivity contribution in [3.05, 3.63) is 41.2 Å². The minimum atomic E-state index is -3.70. The molecule has 5 nitrogen and oxygen atoms in total. The quantitative estimate of drug-likeness (QED) is 0.707. The number of rotatable bonds is 7. The molecule has 0 spiro atoms. The highest BCUT2D eigenvalue weighted by molar-refractivity contribution is 7.89. The minimum Gasteiger partial charge on any atom is -0.493 e. The molecule has 1 heterocycles. The first-order chi connectivity index (χ1) is 11.3. The van der Waals surface area contributed by atoms with Crippen LogP contribution in [-0.4, -0.2) is 24.2 Å². The summed E-state index contributed by atoms with van der Waals surface area (Å²) in [6, 6.07) is 6.81. The molecule has 0 amide bonds. The average Bonchev–Trinajstić information content (AvgIpc) is 2.86. The van der Waals surface area contributed by atoms with Gasteiger partial charge in [0, 0.05) is 0 Å². The zero-order valence-electron chi connectivity index (χ0n) is 15.0. The molecule has 1 aromatic carbocycles. The summed E-state index contributed by atoms with van der Waals surface area (Å²) >= 11 is 0. The zero-order chi connectivity index (χ0) is 17.9. The molecule has 2 rings (SSSR count). The monoisotopic (exact) mass is 350 g/mol. The molecule has 0 saturated carbocycles. The van der Waals surface area contributed by atoms with Crippen molar-refractivity contribution in [1.29, 1.82) is 0 Å². The highest BCUT2D eigenvalue weighted by Gasteiger charge is 2.22. The van der Waals surface area contributed by atoms with E-state index in [1.54, 1.807) is 38.1 Å². The van der Waals surface area contributed by atoms with Crippen LogP contribution in [0.25, 0.3) is 0 Å². The first-order valence-corrected chi connectivity index (χ1v) is 9.77. The maximum atomic E-state index is 12.9. The molecule has 0 saturated heterocycles. The van der Waals surface area contributed by atoms with Crippen molar-refractivity contribution in [3.8, 4) is 5.75 Å². The second-order valence-corrected chi connectivity index (χ2v) is 8.10. The van der Waals surface area contributed by atoms with Gasteiger partial charge >= 0.3 is 0 Å². The van der Waals surface area contributed by atoms with E-state index in [1.807, 2.05) is 13.8 Å². The van der Waals surface area contributed by atoms with E-state index in [-0.39, 0.29) is 10.8 Å². The summed E-state index contributed by atoms with van der Waals surface area (Å²) < 4.78 is 32.7. The van der Waals surface area contributed by atoms with Crippen molar-refractivity contribution in [2.45, 2.75) is 58.3 Å². The van der Waals surface area contributed by atoms with Gasteiger partial charge in [-0.05, 0) is 56.0 Å². The van der Waals surface area contributed by atoms with E-state index in [4.69, 9.17) is 4.74 Å². The summed E-state index contributed by atoms with van der Waals surface area (Å²) in [7, 11) is -3.70. The van der Waals surface area contributed by atoms with Gasteiger partial charge in [0.1, 0.15) is 5.75 Å². The van der Waals surface area contributed by atoms with Crippen molar-refractivity contribution in [2.24, 2.45) is 0 Å². The Bertz CT molecular complexity index is 808. The number of nitrogens with zero attached hydrogens (tertiary/aromatic N) is 2.